The lowest BCUT2D eigenvalue weighted by molar-refractivity contribution is 0.0937. The molecule has 1 aliphatic heterocycles. The van der Waals surface area contributed by atoms with Crippen LogP contribution in [0.25, 0.3) is 22.1 Å². The van der Waals surface area contributed by atoms with Gasteiger partial charge in [-0.3, -0.25) is 23.7 Å². The van der Waals surface area contributed by atoms with Gasteiger partial charge in [-0.05, 0) is 37.3 Å². The lowest BCUT2D eigenvalue weighted by atomic mass is 9.97. The van der Waals surface area contributed by atoms with Crippen molar-refractivity contribution in [2.45, 2.75) is 19.9 Å². The number of terminal acetylenes is 1. The zero-order valence-electron chi connectivity index (χ0n) is 22.9. The Bertz CT molecular complexity index is 2180. The number of carbonyl (C=O) groups excluding carboxylic acids is 2. The molecule has 4 heterocycles. The summed E-state index contributed by atoms with van der Waals surface area (Å²) in [4.78, 5) is 45.7. The van der Waals surface area contributed by atoms with Gasteiger partial charge in [0, 0.05) is 35.6 Å². The van der Waals surface area contributed by atoms with E-state index in [4.69, 9.17) is 6.42 Å². The van der Waals surface area contributed by atoms with E-state index in [2.05, 4.69) is 36.1 Å². The molecule has 4 N–H and O–H groups in total. The van der Waals surface area contributed by atoms with Crippen LogP contribution in [0.4, 0.5) is 11.5 Å². The molecule has 0 saturated carbocycles. The fourth-order valence-electron chi connectivity index (χ4n) is 5.29. The van der Waals surface area contributed by atoms with Gasteiger partial charge in [0.25, 0.3) is 27.6 Å². The van der Waals surface area contributed by atoms with Crippen molar-refractivity contribution in [3.8, 4) is 18.0 Å². The van der Waals surface area contributed by atoms with Crippen LogP contribution in [0.2, 0.25) is 0 Å². The van der Waals surface area contributed by atoms with Gasteiger partial charge in [-0.2, -0.15) is 13.1 Å². The molecule has 0 unspecified atom stereocenters. The summed E-state index contributed by atoms with van der Waals surface area (Å²) < 4.78 is 32.2. The Morgan fingerprint density at radius 1 is 1.12 bits per heavy atom. The number of para-hydroxylation sites is 1. The highest BCUT2D eigenvalue weighted by Crippen LogP contribution is 2.38. The molecule has 0 bridgehead atoms. The molecule has 14 heteroatoms. The van der Waals surface area contributed by atoms with E-state index >= 15 is 0 Å². The van der Waals surface area contributed by atoms with Crippen molar-refractivity contribution >= 4 is 49.9 Å². The summed E-state index contributed by atoms with van der Waals surface area (Å²) in [7, 11) is -4.06. The zero-order chi connectivity index (χ0) is 30.5. The summed E-state index contributed by atoms with van der Waals surface area (Å²) in [6.45, 7) is 3.33. The largest absolute Gasteiger partial charge is 0.344 e. The van der Waals surface area contributed by atoms with Gasteiger partial charge in [-0.1, -0.05) is 31.0 Å². The number of amides is 2. The first-order valence-corrected chi connectivity index (χ1v) is 14.6. The van der Waals surface area contributed by atoms with E-state index in [-0.39, 0.29) is 40.2 Å². The second-order valence-electron chi connectivity index (χ2n) is 9.66. The maximum atomic E-state index is 14.1. The summed E-state index contributed by atoms with van der Waals surface area (Å²) in [6, 6.07) is 12.5. The summed E-state index contributed by atoms with van der Waals surface area (Å²) >= 11 is 0. The van der Waals surface area contributed by atoms with Crippen molar-refractivity contribution in [3.05, 3.63) is 93.7 Å². The lowest BCUT2D eigenvalue weighted by Crippen LogP contribution is -2.35. The summed E-state index contributed by atoms with van der Waals surface area (Å²) in [6.07, 6.45) is 8.69. The van der Waals surface area contributed by atoms with E-state index in [0.29, 0.717) is 22.3 Å². The van der Waals surface area contributed by atoms with Gasteiger partial charge in [0.15, 0.2) is 11.5 Å². The van der Waals surface area contributed by atoms with E-state index in [0.717, 1.165) is 0 Å². The van der Waals surface area contributed by atoms with Gasteiger partial charge in [0.05, 0.1) is 28.4 Å². The smallest absolute Gasteiger partial charge is 0.300 e. The van der Waals surface area contributed by atoms with Crippen LogP contribution >= 0.6 is 0 Å². The van der Waals surface area contributed by atoms with Crippen molar-refractivity contribution in [2.75, 3.05) is 16.6 Å². The number of benzene rings is 2. The number of fused-ring (bicyclic) bond motifs is 1. The van der Waals surface area contributed by atoms with Gasteiger partial charge in [0.1, 0.15) is 5.56 Å². The van der Waals surface area contributed by atoms with Gasteiger partial charge in [-0.15, -0.1) is 11.5 Å². The Morgan fingerprint density at radius 2 is 1.88 bits per heavy atom. The molecule has 0 spiro atoms. The molecular weight excluding hydrogens is 572 g/mol. The van der Waals surface area contributed by atoms with E-state index in [9.17, 15) is 22.8 Å². The number of anilines is 2. The number of aromatic nitrogens is 4. The predicted octanol–water partition coefficient (Wildman–Crippen LogP) is 2.34. The first-order chi connectivity index (χ1) is 20.6. The Balaban J connectivity index is 1.54. The van der Waals surface area contributed by atoms with Crippen molar-refractivity contribution in [1.29, 1.82) is 0 Å². The van der Waals surface area contributed by atoms with Crippen molar-refractivity contribution in [3.63, 3.8) is 0 Å². The number of carbonyl (C=O) groups is 2. The van der Waals surface area contributed by atoms with Gasteiger partial charge < -0.3 is 10.6 Å². The second-order valence-corrected chi connectivity index (χ2v) is 11.2. The van der Waals surface area contributed by atoms with Crippen LogP contribution in [-0.4, -0.2) is 45.9 Å². The quantitative estimate of drug-likeness (QED) is 0.199. The third-order valence-electron chi connectivity index (χ3n) is 6.96. The van der Waals surface area contributed by atoms with Crippen LogP contribution in [-0.2, 0) is 10.2 Å². The van der Waals surface area contributed by atoms with Crippen LogP contribution in [0.3, 0.4) is 0 Å². The number of pyridine rings is 1. The first-order valence-electron chi connectivity index (χ1n) is 13.2. The molecule has 13 nitrogen and oxygen atoms in total. The molecule has 2 aromatic carbocycles. The van der Waals surface area contributed by atoms with Crippen molar-refractivity contribution < 1.29 is 18.0 Å². The Kier molecular flexibility index (Phi) is 6.68. The average Bonchev–Trinajstić information content (AvgIpc) is 3.51. The first kappa shape index (κ1) is 27.6. The second kappa shape index (κ2) is 10.4. The number of hydrogen-bond acceptors (Lipinski definition) is 7. The monoisotopic (exact) mass is 596 g/mol. The zero-order valence-corrected chi connectivity index (χ0v) is 23.7. The normalized spacial score (nSPS) is 13.1. The maximum absolute atomic E-state index is 14.1. The summed E-state index contributed by atoms with van der Waals surface area (Å²) in [5.41, 5.74) is 1.06. The molecule has 3 aromatic heterocycles. The average molecular weight is 597 g/mol. The lowest BCUT2D eigenvalue weighted by Gasteiger charge is -2.23. The number of hydrogen-bond donors (Lipinski definition) is 4. The highest BCUT2D eigenvalue weighted by Gasteiger charge is 2.34. The van der Waals surface area contributed by atoms with E-state index in [1.807, 2.05) is 0 Å². The van der Waals surface area contributed by atoms with E-state index < -0.39 is 33.6 Å². The molecule has 216 valence electrons. The summed E-state index contributed by atoms with van der Waals surface area (Å²) in [5.74, 6) is 1.07. The SMILES string of the molecule is C#Cc1ccc2c3c(c([C@H](C)NC(=O)c4c(NS(=O)(=O)NCC)nn5cccnc45)n(-c4ccccc4)c(=O)c13)C(=O)N2. The molecular formula is C29H24N8O5S. The van der Waals surface area contributed by atoms with Crippen LogP contribution in [0, 0.1) is 12.3 Å². The molecule has 0 aliphatic carbocycles. The molecule has 2 amide bonds. The highest BCUT2D eigenvalue weighted by molar-refractivity contribution is 7.90. The Labute approximate surface area is 245 Å². The minimum absolute atomic E-state index is 0.0867. The minimum Gasteiger partial charge on any atom is -0.344 e. The van der Waals surface area contributed by atoms with Crippen LogP contribution in [0.1, 0.15) is 51.9 Å². The Hall–Kier alpha value is -5.52. The van der Waals surface area contributed by atoms with Crippen molar-refractivity contribution in [2.24, 2.45) is 0 Å². The van der Waals surface area contributed by atoms with E-state index in [1.165, 1.54) is 21.5 Å². The summed E-state index contributed by atoms with van der Waals surface area (Å²) in [5, 5.41) is 10.4. The van der Waals surface area contributed by atoms with Gasteiger partial charge in [0.2, 0.25) is 0 Å². The fourth-order valence-corrected chi connectivity index (χ4v) is 6.14. The molecule has 0 radical (unpaired) electrons. The van der Waals surface area contributed by atoms with Crippen LogP contribution < -0.4 is 25.6 Å². The van der Waals surface area contributed by atoms with Gasteiger partial charge >= 0.3 is 0 Å². The number of nitrogens with zero attached hydrogens (tertiary/aromatic N) is 4. The van der Waals surface area contributed by atoms with Crippen molar-refractivity contribution in [1.82, 2.24) is 29.2 Å². The molecule has 5 aromatic rings. The number of nitrogens with one attached hydrogen (secondary N) is 4. The highest BCUT2D eigenvalue weighted by atomic mass is 32.2. The van der Waals surface area contributed by atoms with E-state index in [1.54, 1.807) is 62.4 Å². The number of rotatable bonds is 8. The standard InChI is InChI=1S/C29H24N8O5S/c1-4-17-12-13-19-21-20(17)29(40)37(18-10-7-6-8-11-18)24(22(21)27(38)33-19)16(3)32-28(39)23-25(35-43(41,42)31-5-2)34-36-15-9-14-30-26(23)36/h1,6-16,31H,5H2,2-3H3,(H,32,39)(H,33,38)(H,34,35)/t16-/m0/s1. The van der Waals surface area contributed by atoms with Gasteiger partial charge in [-0.25, -0.2) is 9.50 Å². The maximum Gasteiger partial charge on any atom is 0.300 e. The van der Waals surface area contributed by atoms with Crippen LogP contribution in [0.5, 0.6) is 0 Å². The van der Waals surface area contributed by atoms with Crippen LogP contribution in [0.15, 0.2) is 65.7 Å². The third-order valence-corrected chi connectivity index (χ3v) is 8.09. The molecule has 6 rings (SSSR count). The predicted molar refractivity (Wildman–Crippen MR) is 161 cm³/mol. The molecule has 0 fully saturated rings. The molecule has 1 aliphatic rings. The topological polar surface area (TPSA) is 169 Å². The third kappa shape index (κ3) is 4.56. The molecule has 0 saturated heterocycles. The fraction of sp³-hybridized carbons (Fsp3) is 0.138. The molecule has 43 heavy (non-hydrogen) atoms. The Morgan fingerprint density at radius 3 is 2.60 bits per heavy atom. The molecule has 1 atom stereocenters. The minimum atomic E-state index is -4.06.